The molecule has 6 nitrogen and oxygen atoms in total. The molecule has 0 bridgehead atoms. The Kier molecular flexibility index (Phi) is 7.57. The van der Waals surface area contributed by atoms with E-state index in [4.69, 9.17) is 27.9 Å². The molecule has 3 aromatic carbocycles. The Bertz CT molecular complexity index is 1350. The summed E-state index contributed by atoms with van der Waals surface area (Å²) in [5, 5.41) is 22.5. The molecular formula is C31H34Cl2N2O4. The summed E-state index contributed by atoms with van der Waals surface area (Å²) >= 11 is 12.4. The molecular weight excluding hydrogens is 535 g/mol. The third-order valence-electron chi connectivity index (χ3n) is 7.86. The molecule has 39 heavy (non-hydrogen) atoms. The summed E-state index contributed by atoms with van der Waals surface area (Å²) < 4.78 is 6.84. The Morgan fingerprint density at radius 1 is 1.00 bits per heavy atom. The molecule has 1 aliphatic heterocycles. The highest BCUT2D eigenvalue weighted by atomic mass is 35.5. The molecule has 0 spiro atoms. The van der Waals surface area contributed by atoms with E-state index in [9.17, 15) is 15.0 Å². The fraction of sp³-hybridized carbons (Fsp3) is 0.387. The van der Waals surface area contributed by atoms with Gasteiger partial charge in [0.05, 0.1) is 18.8 Å². The quantitative estimate of drug-likeness (QED) is 0.342. The number of fused-ring (bicyclic) bond motifs is 1. The molecule has 8 heteroatoms. The molecule has 2 aliphatic rings. The lowest BCUT2D eigenvalue weighted by molar-refractivity contribution is -0.128. The van der Waals surface area contributed by atoms with Crippen molar-refractivity contribution in [1.29, 1.82) is 0 Å². The molecule has 0 radical (unpaired) electrons. The molecule has 1 aliphatic carbocycles. The number of carbonyl (C=O) groups excluding carboxylic acids is 1. The second-order valence-corrected chi connectivity index (χ2v) is 12.3. The molecule has 1 saturated carbocycles. The standard InChI is InChI=1S/C31H34Cl2N2O4/c1-29(38,18-34(2)3)23-8-13-27-26(16-23)28(37)35(17-21-4-9-24(32)10-5-21)31(27,22-6-11-25(33)12-7-22)39-20-30(19-36)14-15-30/h4-13,16,36,38H,14-15,17-20H2,1-3H3/t29-,31-/m1/s1. The van der Waals surface area contributed by atoms with Crippen LogP contribution in [0.15, 0.2) is 66.7 Å². The summed E-state index contributed by atoms with van der Waals surface area (Å²) in [6.45, 7) is 2.72. The van der Waals surface area contributed by atoms with Crippen molar-refractivity contribution in [2.24, 2.45) is 5.41 Å². The van der Waals surface area contributed by atoms with Crippen molar-refractivity contribution in [3.63, 3.8) is 0 Å². The van der Waals surface area contributed by atoms with Gasteiger partial charge in [-0.25, -0.2) is 0 Å². The van der Waals surface area contributed by atoms with Gasteiger partial charge >= 0.3 is 0 Å². The third-order valence-corrected chi connectivity index (χ3v) is 8.36. The van der Waals surface area contributed by atoms with Crippen LogP contribution in [0.25, 0.3) is 0 Å². The van der Waals surface area contributed by atoms with Gasteiger partial charge in [-0.2, -0.15) is 0 Å². The van der Waals surface area contributed by atoms with Crippen LogP contribution in [-0.4, -0.2) is 59.8 Å². The van der Waals surface area contributed by atoms with Gasteiger partial charge < -0.3 is 19.8 Å². The lowest BCUT2D eigenvalue weighted by Gasteiger charge is -2.40. The Morgan fingerprint density at radius 2 is 1.62 bits per heavy atom. The second kappa shape index (κ2) is 10.5. The lowest BCUT2D eigenvalue weighted by Crippen LogP contribution is -2.47. The first-order valence-electron chi connectivity index (χ1n) is 13.1. The number of nitrogens with zero attached hydrogens (tertiary/aromatic N) is 2. The Morgan fingerprint density at radius 3 is 2.18 bits per heavy atom. The minimum atomic E-state index is -1.26. The van der Waals surface area contributed by atoms with Crippen LogP contribution in [0, 0.1) is 5.41 Å². The number of hydrogen-bond donors (Lipinski definition) is 2. The first-order chi connectivity index (χ1) is 18.5. The lowest BCUT2D eigenvalue weighted by atomic mass is 9.88. The van der Waals surface area contributed by atoms with Gasteiger partial charge in [0.1, 0.15) is 0 Å². The van der Waals surface area contributed by atoms with Crippen molar-refractivity contribution in [1.82, 2.24) is 9.80 Å². The molecule has 2 N–H and O–H groups in total. The number of halogens is 2. The first-order valence-corrected chi connectivity index (χ1v) is 13.8. The fourth-order valence-electron chi connectivity index (χ4n) is 5.46. The van der Waals surface area contributed by atoms with Crippen LogP contribution in [0.5, 0.6) is 0 Å². The Hall–Kier alpha value is -2.45. The zero-order valence-corrected chi connectivity index (χ0v) is 24.0. The van der Waals surface area contributed by atoms with E-state index < -0.39 is 11.3 Å². The number of hydrogen-bond acceptors (Lipinski definition) is 5. The third kappa shape index (κ3) is 5.34. The smallest absolute Gasteiger partial charge is 0.257 e. The number of carbonyl (C=O) groups is 1. The van der Waals surface area contributed by atoms with Crippen molar-refractivity contribution in [3.05, 3.63) is 105 Å². The zero-order valence-electron chi connectivity index (χ0n) is 22.5. The molecule has 0 unspecified atom stereocenters. The molecule has 5 rings (SSSR count). The number of ether oxygens (including phenoxy) is 1. The SMILES string of the molecule is CN(C)C[C@@](C)(O)c1ccc2c(c1)C(=O)N(Cc1ccc(Cl)cc1)[C@@]2(OCC1(CO)CC1)c1ccc(Cl)cc1. The largest absolute Gasteiger partial charge is 0.396 e. The maximum Gasteiger partial charge on any atom is 0.257 e. The molecule has 206 valence electrons. The number of likely N-dealkylation sites (N-methyl/N-ethyl adjacent to an activating group) is 1. The first kappa shape index (κ1) is 28.1. The van der Waals surface area contributed by atoms with E-state index in [-0.39, 0.29) is 31.1 Å². The van der Waals surface area contributed by atoms with Crippen LogP contribution in [0.3, 0.4) is 0 Å². The Balaban J connectivity index is 1.68. The fourth-order valence-corrected chi connectivity index (χ4v) is 5.71. The van der Waals surface area contributed by atoms with E-state index in [1.807, 2.05) is 55.4 Å². The van der Waals surface area contributed by atoms with E-state index in [0.717, 1.165) is 24.0 Å². The van der Waals surface area contributed by atoms with Crippen LogP contribution in [0.4, 0.5) is 0 Å². The van der Waals surface area contributed by atoms with Gasteiger partial charge in [0.15, 0.2) is 5.72 Å². The average Bonchev–Trinajstić information content (AvgIpc) is 3.65. The number of aliphatic hydroxyl groups excluding tert-OH is 1. The topological polar surface area (TPSA) is 73.2 Å². The summed E-state index contributed by atoms with van der Waals surface area (Å²) in [4.78, 5) is 17.9. The molecule has 3 aromatic rings. The Labute approximate surface area is 239 Å². The minimum absolute atomic E-state index is 0.0219. The molecule has 0 aromatic heterocycles. The summed E-state index contributed by atoms with van der Waals surface area (Å²) in [5.74, 6) is -0.203. The predicted octanol–water partition coefficient (Wildman–Crippen LogP) is 5.41. The summed E-state index contributed by atoms with van der Waals surface area (Å²) in [5.41, 5.74) is 0.739. The molecule has 2 atom stereocenters. The normalized spacial score (nSPS) is 21.2. The monoisotopic (exact) mass is 568 g/mol. The van der Waals surface area contributed by atoms with Gasteiger partial charge in [-0.15, -0.1) is 0 Å². The van der Waals surface area contributed by atoms with Crippen molar-refractivity contribution >= 4 is 29.1 Å². The predicted molar refractivity (Wildman–Crippen MR) is 153 cm³/mol. The van der Waals surface area contributed by atoms with Gasteiger partial charge in [-0.05, 0) is 75.3 Å². The van der Waals surface area contributed by atoms with Gasteiger partial charge in [-0.1, -0.05) is 59.6 Å². The van der Waals surface area contributed by atoms with Crippen LogP contribution in [0.1, 0.15) is 52.4 Å². The number of benzene rings is 3. The van der Waals surface area contributed by atoms with Crippen molar-refractivity contribution < 1.29 is 19.7 Å². The molecule has 1 heterocycles. The van der Waals surface area contributed by atoms with Gasteiger partial charge in [0.2, 0.25) is 0 Å². The van der Waals surface area contributed by atoms with Crippen LogP contribution in [0.2, 0.25) is 10.0 Å². The number of amides is 1. The summed E-state index contributed by atoms with van der Waals surface area (Å²) in [6.07, 6.45) is 1.73. The zero-order chi connectivity index (χ0) is 28.0. The number of rotatable bonds is 10. The van der Waals surface area contributed by atoms with E-state index in [2.05, 4.69) is 0 Å². The van der Waals surface area contributed by atoms with E-state index in [0.29, 0.717) is 33.3 Å². The highest BCUT2D eigenvalue weighted by Gasteiger charge is 2.55. The molecule has 1 fully saturated rings. The highest BCUT2D eigenvalue weighted by Crippen LogP contribution is 2.51. The van der Waals surface area contributed by atoms with E-state index >= 15 is 0 Å². The van der Waals surface area contributed by atoms with Crippen molar-refractivity contribution in [3.8, 4) is 0 Å². The minimum Gasteiger partial charge on any atom is -0.396 e. The number of aliphatic hydroxyl groups is 2. The summed E-state index contributed by atoms with van der Waals surface area (Å²) in [6, 6.07) is 20.3. The average molecular weight is 570 g/mol. The van der Waals surface area contributed by atoms with Gasteiger partial charge in [-0.3, -0.25) is 9.69 Å². The second-order valence-electron chi connectivity index (χ2n) is 11.4. The highest BCUT2D eigenvalue weighted by molar-refractivity contribution is 6.30. The van der Waals surface area contributed by atoms with Crippen molar-refractivity contribution in [2.75, 3.05) is 33.9 Å². The maximum absolute atomic E-state index is 14.3. The van der Waals surface area contributed by atoms with E-state index in [1.165, 1.54) is 0 Å². The maximum atomic E-state index is 14.3. The van der Waals surface area contributed by atoms with Gasteiger partial charge in [0, 0.05) is 45.2 Å². The van der Waals surface area contributed by atoms with Crippen molar-refractivity contribution in [2.45, 2.75) is 37.6 Å². The summed E-state index contributed by atoms with van der Waals surface area (Å²) in [7, 11) is 3.80. The van der Waals surface area contributed by atoms with Crippen LogP contribution in [-0.2, 0) is 22.6 Å². The van der Waals surface area contributed by atoms with Crippen LogP contribution < -0.4 is 0 Å². The van der Waals surface area contributed by atoms with E-state index in [1.54, 1.807) is 42.2 Å². The molecule has 1 amide bonds. The molecule has 0 saturated heterocycles. The van der Waals surface area contributed by atoms with Crippen LogP contribution >= 0.6 is 23.2 Å². The van der Waals surface area contributed by atoms with Gasteiger partial charge in [0.25, 0.3) is 5.91 Å².